The molecule has 1 rings (SSSR count). The summed E-state index contributed by atoms with van der Waals surface area (Å²) in [4.78, 5) is 16.7. The number of ether oxygens (including phenoxy) is 3. The first-order valence-electron chi connectivity index (χ1n) is 9.63. The molecule has 1 aromatic rings. The van der Waals surface area contributed by atoms with Crippen LogP contribution in [0.3, 0.4) is 0 Å². The van der Waals surface area contributed by atoms with E-state index in [2.05, 4.69) is 24.1 Å². The second-order valence-electron chi connectivity index (χ2n) is 6.59. The number of carbonyl (C=O) groups is 1. The molecule has 0 fully saturated rings. The van der Waals surface area contributed by atoms with Gasteiger partial charge in [0, 0.05) is 38.0 Å². The largest absolute Gasteiger partial charge is 0.493 e. The smallest absolute Gasteiger partial charge is 0.163 e. The number of hydrogen-bond acceptors (Lipinski definition) is 5. The molecule has 5 nitrogen and oxygen atoms in total. The molecule has 0 aliphatic heterocycles. The number of carbonyl (C=O) groups excluding carboxylic acids is 1. The van der Waals surface area contributed by atoms with Crippen molar-refractivity contribution in [1.29, 1.82) is 0 Å². The van der Waals surface area contributed by atoms with Gasteiger partial charge in [-0.15, -0.1) is 0 Å². The first kappa shape index (κ1) is 23.6. The maximum Gasteiger partial charge on any atom is 0.163 e. The molecule has 0 bridgehead atoms. The van der Waals surface area contributed by atoms with Crippen LogP contribution in [-0.2, 0) is 4.74 Å². The van der Waals surface area contributed by atoms with Crippen LogP contribution in [0.2, 0.25) is 0 Å². The maximum absolute atomic E-state index is 12.1. The average molecular weight is 388 g/mol. The first-order chi connectivity index (χ1) is 13.5. The number of aliphatic imine (C=N–C) groups is 1. The number of methoxy groups -OCH3 is 2. The second kappa shape index (κ2) is 12.9. The van der Waals surface area contributed by atoms with Gasteiger partial charge in [-0.2, -0.15) is 0 Å². The topological polar surface area (TPSA) is 57.1 Å². The first-order valence-corrected chi connectivity index (χ1v) is 9.63. The lowest BCUT2D eigenvalue weighted by Gasteiger charge is -2.14. The maximum atomic E-state index is 12.1. The number of Topliss-reactive ketones (excluding diaryl/α,β-unsaturated/α-hetero) is 1. The van der Waals surface area contributed by atoms with E-state index in [4.69, 9.17) is 14.2 Å². The fourth-order valence-corrected chi connectivity index (χ4v) is 2.72. The van der Waals surface area contributed by atoms with Crippen molar-refractivity contribution < 1.29 is 19.0 Å². The Labute approximate surface area is 169 Å². The van der Waals surface area contributed by atoms with Gasteiger partial charge < -0.3 is 14.2 Å². The Morgan fingerprint density at radius 2 is 1.93 bits per heavy atom. The molecule has 1 unspecified atom stereocenters. The Kier molecular flexibility index (Phi) is 10.9. The van der Waals surface area contributed by atoms with Crippen molar-refractivity contribution in [1.82, 2.24) is 0 Å². The molecule has 0 N–H and O–H groups in total. The summed E-state index contributed by atoms with van der Waals surface area (Å²) < 4.78 is 16.3. The summed E-state index contributed by atoms with van der Waals surface area (Å²) in [5.74, 6) is 1.27. The van der Waals surface area contributed by atoms with Crippen molar-refractivity contribution in [3.8, 4) is 11.5 Å². The third-order valence-corrected chi connectivity index (χ3v) is 4.19. The summed E-state index contributed by atoms with van der Waals surface area (Å²) in [7, 11) is 3.22. The van der Waals surface area contributed by atoms with Crippen molar-refractivity contribution in [2.24, 2.45) is 10.9 Å². The minimum absolute atomic E-state index is 0.0629. The number of ketones is 1. The van der Waals surface area contributed by atoms with E-state index in [0.717, 1.165) is 12.8 Å². The lowest BCUT2D eigenvalue weighted by atomic mass is 10.0. The molecule has 0 aliphatic rings. The summed E-state index contributed by atoms with van der Waals surface area (Å²) in [5, 5.41) is 0. The zero-order valence-corrected chi connectivity index (χ0v) is 18.0. The summed E-state index contributed by atoms with van der Waals surface area (Å²) in [6.07, 6.45) is 9.77. The molecule has 1 aromatic carbocycles. The standard InChI is InChI=1S/C23H33NO4/c1-7-10-19(8-2)13-17(3)16-24-21-15-23(28-12-9-11-26-5)22(27-6)14-20(21)18(4)25/h7-8,10,14-17H,9,11-13H2,1-6H3/b10-7+,19-8-,24-16?. The van der Waals surface area contributed by atoms with Crippen LogP contribution in [0.25, 0.3) is 0 Å². The Hall–Kier alpha value is -2.40. The SMILES string of the molecule is C/C=C/C(=C/C)CC(C)C=Nc1cc(OCCCOC)c(OC)cc1C(C)=O. The van der Waals surface area contributed by atoms with E-state index in [9.17, 15) is 4.79 Å². The number of rotatable bonds is 12. The number of benzene rings is 1. The van der Waals surface area contributed by atoms with Crippen LogP contribution in [-0.4, -0.2) is 39.4 Å². The van der Waals surface area contributed by atoms with Crippen LogP contribution in [0.1, 0.15) is 50.9 Å². The molecule has 0 heterocycles. The van der Waals surface area contributed by atoms with Crippen LogP contribution in [0.15, 0.2) is 40.9 Å². The molecule has 0 spiro atoms. The van der Waals surface area contributed by atoms with Gasteiger partial charge in [0.1, 0.15) is 0 Å². The molecule has 5 heteroatoms. The Morgan fingerprint density at radius 3 is 2.50 bits per heavy atom. The average Bonchev–Trinajstić information content (AvgIpc) is 2.68. The molecule has 0 radical (unpaired) electrons. The Bertz CT molecular complexity index is 720. The van der Waals surface area contributed by atoms with Gasteiger partial charge in [0.05, 0.1) is 19.4 Å². The van der Waals surface area contributed by atoms with Crippen LogP contribution in [0.4, 0.5) is 5.69 Å². The zero-order valence-electron chi connectivity index (χ0n) is 18.0. The van der Waals surface area contributed by atoms with E-state index in [1.165, 1.54) is 12.5 Å². The summed E-state index contributed by atoms with van der Waals surface area (Å²) >= 11 is 0. The van der Waals surface area contributed by atoms with E-state index in [1.807, 2.05) is 26.1 Å². The fourth-order valence-electron chi connectivity index (χ4n) is 2.72. The predicted octanol–water partition coefficient (Wildman–Crippen LogP) is 5.56. The molecule has 0 saturated carbocycles. The van der Waals surface area contributed by atoms with Crippen LogP contribution >= 0.6 is 0 Å². The van der Waals surface area contributed by atoms with E-state index in [-0.39, 0.29) is 11.7 Å². The van der Waals surface area contributed by atoms with Gasteiger partial charge in [-0.25, -0.2) is 0 Å². The van der Waals surface area contributed by atoms with Gasteiger partial charge in [-0.1, -0.05) is 30.7 Å². The summed E-state index contributed by atoms with van der Waals surface area (Å²) in [5.41, 5.74) is 2.37. The van der Waals surface area contributed by atoms with Gasteiger partial charge in [0.2, 0.25) is 0 Å². The fraction of sp³-hybridized carbons (Fsp3) is 0.478. The highest BCUT2D eigenvalue weighted by Gasteiger charge is 2.14. The molecule has 28 heavy (non-hydrogen) atoms. The van der Waals surface area contributed by atoms with Gasteiger partial charge in [0.25, 0.3) is 0 Å². The third kappa shape index (κ3) is 7.69. The number of allylic oxidation sites excluding steroid dienone is 4. The highest BCUT2D eigenvalue weighted by atomic mass is 16.5. The minimum atomic E-state index is -0.0629. The molecule has 1 atom stereocenters. The predicted molar refractivity (Wildman–Crippen MR) is 115 cm³/mol. The molecule has 0 saturated heterocycles. The molecule has 154 valence electrons. The summed E-state index contributed by atoms with van der Waals surface area (Å²) in [6, 6.07) is 3.47. The van der Waals surface area contributed by atoms with E-state index < -0.39 is 0 Å². The highest BCUT2D eigenvalue weighted by molar-refractivity contribution is 6.00. The van der Waals surface area contributed by atoms with Gasteiger partial charge in [0.15, 0.2) is 17.3 Å². The van der Waals surface area contributed by atoms with E-state index >= 15 is 0 Å². The molecular formula is C23H33NO4. The number of hydrogen-bond donors (Lipinski definition) is 0. The van der Waals surface area contributed by atoms with Crippen LogP contribution < -0.4 is 9.47 Å². The van der Waals surface area contributed by atoms with E-state index in [1.54, 1.807) is 26.4 Å². The van der Waals surface area contributed by atoms with Crippen molar-refractivity contribution in [2.45, 2.75) is 40.5 Å². The summed E-state index contributed by atoms with van der Waals surface area (Å²) in [6.45, 7) is 8.79. The van der Waals surface area contributed by atoms with Crippen molar-refractivity contribution >= 4 is 17.7 Å². The van der Waals surface area contributed by atoms with Crippen LogP contribution in [0, 0.1) is 5.92 Å². The monoisotopic (exact) mass is 387 g/mol. The zero-order chi connectivity index (χ0) is 20.9. The molecule has 0 aliphatic carbocycles. The molecular weight excluding hydrogens is 354 g/mol. The van der Waals surface area contributed by atoms with E-state index in [0.29, 0.717) is 36.0 Å². The highest BCUT2D eigenvalue weighted by Crippen LogP contribution is 2.35. The van der Waals surface area contributed by atoms with Crippen molar-refractivity contribution in [3.05, 3.63) is 41.5 Å². The van der Waals surface area contributed by atoms with Crippen molar-refractivity contribution in [3.63, 3.8) is 0 Å². The second-order valence-corrected chi connectivity index (χ2v) is 6.59. The quantitative estimate of drug-likeness (QED) is 0.204. The minimum Gasteiger partial charge on any atom is -0.493 e. The van der Waals surface area contributed by atoms with Gasteiger partial charge in [-0.3, -0.25) is 9.79 Å². The lowest BCUT2D eigenvalue weighted by Crippen LogP contribution is -2.04. The van der Waals surface area contributed by atoms with Gasteiger partial charge in [-0.05, 0) is 39.2 Å². The Morgan fingerprint density at radius 1 is 1.18 bits per heavy atom. The van der Waals surface area contributed by atoms with Gasteiger partial charge >= 0.3 is 0 Å². The van der Waals surface area contributed by atoms with Crippen molar-refractivity contribution in [2.75, 3.05) is 27.4 Å². The Balaban J connectivity index is 3.08. The normalized spacial score (nSPS) is 13.3. The third-order valence-electron chi connectivity index (χ3n) is 4.19. The molecule has 0 amide bonds. The number of nitrogens with zero attached hydrogens (tertiary/aromatic N) is 1. The van der Waals surface area contributed by atoms with Crippen LogP contribution in [0.5, 0.6) is 11.5 Å². The lowest BCUT2D eigenvalue weighted by molar-refractivity contribution is 0.101. The molecule has 0 aromatic heterocycles.